The average Bonchev–Trinajstić information content (AvgIpc) is 3.22. The number of furan rings is 1. The number of aliphatic imine (C=N–C) groups is 1. The Hall–Kier alpha value is -4.14. The number of hydrogen-bond acceptors (Lipinski definition) is 4. The number of amides is 1. The van der Waals surface area contributed by atoms with Gasteiger partial charge < -0.3 is 14.8 Å². The van der Waals surface area contributed by atoms with Crippen LogP contribution in [0.5, 0.6) is 0 Å². The Balaban J connectivity index is 1.89. The first-order valence-corrected chi connectivity index (χ1v) is 10.1. The van der Waals surface area contributed by atoms with Crippen molar-refractivity contribution in [3.8, 4) is 11.1 Å². The van der Waals surface area contributed by atoms with Gasteiger partial charge in [-0.15, -0.1) is 0 Å². The number of carbonyl (C=O) groups is 2. The quantitative estimate of drug-likeness (QED) is 0.266. The Morgan fingerprint density at radius 2 is 1.79 bits per heavy atom. The zero-order valence-electron chi connectivity index (χ0n) is 18.3. The molecule has 2 aromatic carbocycles. The van der Waals surface area contributed by atoms with E-state index in [4.69, 9.17) is 9.52 Å². The van der Waals surface area contributed by atoms with Gasteiger partial charge in [-0.05, 0) is 60.0 Å². The lowest BCUT2D eigenvalue weighted by Crippen LogP contribution is -2.19. The van der Waals surface area contributed by atoms with Crippen molar-refractivity contribution in [3.05, 3.63) is 83.2 Å². The molecule has 0 fully saturated rings. The molecule has 1 aromatic heterocycles. The van der Waals surface area contributed by atoms with E-state index in [9.17, 15) is 22.8 Å². The van der Waals surface area contributed by atoms with Crippen molar-refractivity contribution in [2.75, 3.05) is 7.05 Å². The first-order chi connectivity index (χ1) is 16.1. The lowest BCUT2D eigenvalue weighted by molar-refractivity contribution is -0.136. The Kier molecular flexibility index (Phi) is 7.35. The van der Waals surface area contributed by atoms with Crippen molar-refractivity contribution in [1.82, 2.24) is 5.32 Å². The summed E-state index contributed by atoms with van der Waals surface area (Å²) in [5.41, 5.74) is 0.131. The number of rotatable bonds is 7. The van der Waals surface area contributed by atoms with Crippen molar-refractivity contribution in [2.45, 2.75) is 19.6 Å². The monoisotopic (exact) mass is 470 g/mol. The van der Waals surface area contributed by atoms with Crippen LogP contribution < -0.4 is 5.32 Å². The zero-order chi connectivity index (χ0) is 24.9. The van der Waals surface area contributed by atoms with Crippen LogP contribution >= 0.6 is 0 Å². The van der Waals surface area contributed by atoms with Gasteiger partial charge in [-0.2, -0.15) is 13.2 Å². The van der Waals surface area contributed by atoms with Gasteiger partial charge in [0.2, 0.25) is 5.91 Å². The minimum Gasteiger partial charge on any atom is -0.478 e. The van der Waals surface area contributed by atoms with Gasteiger partial charge in [-0.1, -0.05) is 18.2 Å². The lowest BCUT2D eigenvalue weighted by atomic mass is 9.99. The predicted octanol–water partition coefficient (Wildman–Crippen LogP) is 5.64. The molecule has 0 saturated heterocycles. The molecule has 176 valence electrons. The maximum atomic E-state index is 13.7. The Bertz CT molecular complexity index is 1300. The van der Waals surface area contributed by atoms with E-state index in [0.717, 1.165) is 11.6 Å². The van der Waals surface area contributed by atoms with Gasteiger partial charge in [0, 0.05) is 24.7 Å². The van der Waals surface area contributed by atoms with E-state index in [1.54, 1.807) is 32.3 Å². The maximum absolute atomic E-state index is 13.7. The third kappa shape index (κ3) is 5.80. The second-order valence-corrected chi connectivity index (χ2v) is 7.26. The number of fused-ring (bicyclic) bond motifs is 1. The minimum atomic E-state index is -4.68. The van der Waals surface area contributed by atoms with Gasteiger partial charge in [0.1, 0.15) is 11.3 Å². The van der Waals surface area contributed by atoms with E-state index in [1.165, 1.54) is 42.5 Å². The molecular weight excluding hydrogens is 449 g/mol. The summed E-state index contributed by atoms with van der Waals surface area (Å²) in [4.78, 5) is 27.0. The highest BCUT2D eigenvalue weighted by Gasteiger charge is 2.35. The highest BCUT2D eigenvalue weighted by atomic mass is 19.4. The van der Waals surface area contributed by atoms with Gasteiger partial charge in [0.15, 0.2) is 0 Å². The maximum Gasteiger partial charge on any atom is 0.420 e. The summed E-state index contributed by atoms with van der Waals surface area (Å²) >= 11 is 0. The standard InChI is InChI=1S/C25H21F3N2O4/c1-3-15(13-29-2)4-9-22(31)30-14-20-11-19-10-18(12-21(23(19)34-20)25(26,27)28)16-5-7-17(8-6-16)24(32)33/h3-13H,14H2,1-2H3,(H,30,31)(H,32,33). The molecule has 3 rings (SSSR count). The number of carboxylic acid groups (broad SMARTS) is 1. The van der Waals surface area contributed by atoms with E-state index in [1.807, 2.05) is 0 Å². The Morgan fingerprint density at radius 1 is 1.09 bits per heavy atom. The van der Waals surface area contributed by atoms with E-state index < -0.39 is 23.6 Å². The molecule has 34 heavy (non-hydrogen) atoms. The summed E-state index contributed by atoms with van der Waals surface area (Å²) in [6.07, 6.45) is 1.51. The van der Waals surface area contributed by atoms with Crippen LogP contribution in [-0.2, 0) is 17.5 Å². The number of allylic oxidation sites excluding steroid dienone is 3. The smallest absolute Gasteiger partial charge is 0.420 e. The molecule has 0 aliphatic carbocycles. The zero-order valence-corrected chi connectivity index (χ0v) is 18.3. The van der Waals surface area contributed by atoms with Crippen LogP contribution in [0.25, 0.3) is 22.1 Å². The lowest BCUT2D eigenvalue weighted by Gasteiger charge is -2.10. The molecule has 1 amide bonds. The third-order valence-electron chi connectivity index (χ3n) is 4.91. The summed E-state index contributed by atoms with van der Waals surface area (Å²) in [5, 5.41) is 11.8. The van der Waals surface area contributed by atoms with Crippen LogP contribution in [0.1, 0.15) is 28.6 Å². The van der Waals surface area contributed by atoms with Gasteiger partial charge in [-0.3, -0.25) is 9.79 Å². The molecular formula is C25H21F3N2O4. The van der Waals surface area contributed by atoms with Crippen LogP contribution in [-0.4, -0.2) is 30.2 Å². The van der Waals surface area contributed by atoms with E-state index in [-0.39, 0.29) is 34.4 Å². The van der Waals surface area contributed by atoms with Crippen molar-refractivity contribution in [3.63, 3.8) is 0 Å². The molecule has 2 N–H and O–H groups in total. The molecule has 0 bridgehead atoms. The van der Waals surface area contributed by atoms with Crippen LogP contribution in [0, 0.1) is 0 Å². The summed E-state index contributed by atoms with van der Waals surface area (Å²) in [5.74, 6) is -1.42. The van der Waals surface area contributed by atoms with Crippen molar-refractivity contribution >= 4 is 29.1 Å². The van der Waals surface area contributed by atoms with Gasteiger partial charge in [0.25, 0.3) is 0 Å². The Labute approximate surface area is 193 Å². The van der Waals surface area contributed by atoms with Gasteiger partial charge in [0.05, 0.1) is 17.7 Å². The molecule has 0 unspecified atom stereocenters. The fraction of sp³-hybridized carbons (Fsp3) is 0.160. The SMILES string of the molecule is CC=C(C=CC(=O)NCc1cc2cc(-c3ccc(C(=O)O)cc3)cc(C(F)(F)F)c2o1)C=NC. The second kappa shape index (κ2) is 10.2. The van der Waals surface area contributed by atoms with E-state index >= 15 is 0 Å². The first-order valence-electron chi connectivity index (χ1n) is 10.1. The highest BCUT2D eigenvalue weighted by Crippen LogP contribution is 2.39. The number of nitrogens with one attached hydrogen (secondary N) is 1. The number of benzene rings is 2. The molecule has 0 spiro atoms. The summed E-state index contributed by atoms with van der Waals surface area (Å²) < 4.78 is 46.7. The third-order valence-corrected chi connectivity index (χ3v) is 4.91. The fourth-order valence-electron chi connectivity index (χ4n) is 3.24. The molecule has 0 saturated carbocycles. The van der Waals surface area contributed by atoms with Crippen LogP contribution in [0.15, 0.2) is 75.7 Å². The molecule has 0 aliphatic rings. The summed E-state index contributed by atoms with van der Waals surface area (Å²) in [6.45, 7) is 1.69. The first kappa shape index (κ1) is 24.5. The molecule has 6 nitrogen and oxygen atoms in total. The molecule has 9 heteroatoms. The molecule has 0 aliphatic heterocycles. The van der Waals surface area contributed by atoms with Crippen molar-refractivity contribution in [2.24, 2.45) is 4.99 Å². The van der Waals surface area contributed by atoms with E-state index in [2.05, 4.69) is 10.3 Å². The number of halogens is 3. The Morgan fingerprint density at radius 3 is 2.38 bits per heavy atom. The van der Waals surface area contributed by atoms with Gasteiger partial charge in [-0.25, -0.2) is 4.79 Å². The topological polar surface area (TPSA) is 91.9 Å². The largest absolute Gasteiger partial charge is 0.478 e. The van der Waals surface area contributed by atoms with Gasteiger partial charge >= 0.3 is 12.1 Å². The number of carboxylic acids is 1. The van der Waals surface area contributed by atoms with Crippen LogP contribution in [0.3, 0.4) is 0 Å². The molecule has 3 aromatic rings. The number of hydrogen-bond donors (Lipinski definition) is 2. The van der Waals surface area contributed by atoms with Crippen molar-refractivity contribution < 1.29 is 32.3 Å². The number of aromatic carboxylic acids is 1. The molecule has 0 atom stereocenters. The number of nitrogens with zero attached hydrogens (tertiary/aromatic N) is 1. The second-order valence-electron chi connectivity index (χ2n) is 7.26. The molecule has 0 radical (unpaired) electrons. The van der Waals surface area contributed by atoms with Crippen LogP contribution in [0.4, 0.5) is 13.2 Å². The summed E-state index contributed by atoms with van der Waals surface area (Å²) in [6, 6.07) is 9.46. The predicted molar refractivity (Wildman–Crippen MR) is 123 cm³/mol. The normalized spacial score (nSPS) is 12.7. The van der Waals surface area contributed by atoms with E-state index in [0.29, 0.717) is 5.56 Å². The minimum absolute atomic E-state index is 0.0276. The summed E-state index contributed by atoms with van der Waals surface area (Å²) in [7, 11) is 1.60. The number of carbonyl (C=O) groups excluding carboxylic acids is 1. The highest BCUT2D eigenvalue weighted by molar-refractivity contribution is 5.92. The number of alkyl halides is 3. The molecule has 1 heterocycles. The average molecular weight is 470 g/mol. The van der Waals surface area contributed by atoms with Crippen molar-refractivity contribution in [1.29, 1.82) is 0 Å². The fourth-order valence-corrected chi connectivity index (χ4v) is 3.24. The van der Waals surface area contributed by atoms with Crippen LogP contribution in [0.2, 0.25) is 0 Å².